The van der Waals surface area contributed by atoms with Gasteiger partial charge >= 0.3 is 0 Å². The van der Waals surface area contributed by atoms with Crippen molar-refractivity contribution in [2.45, 2.75) is 43.5 Å². The second-order valence-electron chi connectivity index (χ2n) is 5.61. The molecule has 21 heavy (non-hydrogen) atoms. The summed E-state index contributed by atoms with van der Waals surface area (Å²) in [5.74, 6) is 0.753. The Kier molecular flexibility index (Phi) is 4.99. The van der Waals surface area contributed by atoms with Gasteiger partial charge in [-0.1, -0.05) is 37.5 Å². The molecule has 3 rings (SSSR count). The van der Waals surface area contributed by atoms with Gasteiger partial charge in [-0.2, -0.15) is 16.9 Å². The van der Waals surface area contributed by atoms with E-state index in [1.807, 2.05) is 52.8 Å². The SMILES string of the molecule is OC(CSC1CCCCC1)c1ccnn1-c1ccccc1. The van der Waals surface area contributed by atoms with Crippen LogP contribution in [0.3, 0.4) is 0 Å². The number of hydrogen-bond donors (Lipinski definition) is 1. The molecule has 1 aromatic carbocycles. The van der Waals surface area contributed by atoms with Crippen LogP contribution in [0.2, 0.25) is 0 Å². The van der Waals surface area contributed by atoms with E-state index in [0.29, 0.717) is 0 Å². The number of thioether (sulfide) groups is 1. The van der Waals surface area contributed by atoms with Gasteiger partial charge in [0.25, 0.3) is 0 Å². The lowest BCUT2D eigenvalue weighted by Crippen LogP contribution is -2.13. The van der Waals surface area contributed by atoms with Gasteiger partial charge < -0.3 is 5.11 Å². The summed E-state index contributed by atoms with van der Waals surface area (Å²) >= 11 is 1.92. The van der Waals surface area contributed by atoms with Crippen molar-refractivity contribution in [1.82, 2.24) is 9.78 Å². The summed E-state index contributed by atoms with van der Waals surface area (Å²) in [6, 6.07) is 11.9. The minimum Gasteiger partial charge on any atom is -0.386 e. The monoisotopic (exact) mass is 302 g/mol. The molecule has 1 heterocycles. The lowest BCUT2D eigenvalue weighted by Gasteiger charge is -2.22. The maximum atomic E-state index is 10.5. The predicted octanol–water partition coefficient (Wildman–Crippen LogP) is 3.97. The summed E-state index contributed by atoms with van der Waals surface area (Å²) in [5.41, 5.74) is 1.88. The van der Waals surface area contributed by atoms with Crippen molar-refractivity contribution in [3.63, 3.8) is 0 Å². The van der Waals surface area contributed by atoms with Crippen LogP contribution < -0.4 is 0 Å². The molecule has 3 nitrogen and oxygen atoms in total. The Morgan fingerprint density at radius 3 is 2.67 bits per heavy atom. The van der Waals surface area contributed by atoms with E-state index in [-0.39, 0.29) is 0 Å². The maximum absolute atomic E-state index is 10.5. The first-order valence-corrected chi connectivity index (χ1v) is 8.78. The van der Waals surface area contributed by atoms with Crippen LogP contribution in [-0.2, 0) is 0 Å². The average Bonchev–Trinajstić information content (AvgIpc) is 3.04. The van der Waals surface area contributed by atoms with E-state index >= 15 is 0 Å². The molecule has 2 aromatic rings. The van der Waals surface area contributed by atoms with Crippen LogP contribution in [0.15, 0.2) is 42.6 Å². The first kappa shape index (κ1) is 14.7. The Balaban J connectivity index is 1.65. The molecule has 0 aliphatic heterocycles. The standard InChI is InChI=1S/C17H22N2OS/c20-17(13-21-15-9-5-2-6-10-15)16-11-12-18-19(16)14-7-3-1-4-8-14/h1,3-4,7-8,11-12,15,17,20H,2,5-6,9-10,13H2. The molecular formula is C17H22N2OS. The Hall–Kier alpha value is -1.26. The molecule has 0 amide bonds. The van der Waals surface area contributed by atoms with Crippen LogP contribution in [0.4, 0.5) is 0 Å². The van der Waals surface area contributed by atoms with Gasteiger partial charge in [-0.3, -0.25) is 0 Å². The number of aromatic nitrogens is 2. The van der Waals surface area contributed by atoms with Crippen molar-refractivity contribution in [1.29, 1.82) is 0 Å². The van der Waals surface area contributed by atoms with Crippen molar-refractivity contribution in [2.75, 3.05) is 5.75 Å². The van der Waals surface area contributed by atoms with Crippen LogP contribution in [0.1, 0.15) is 43.9 Å². The number of benzene rings is 1. The number of hydrogen-bond acceptors (Lipinski definition) is 3. The van der Waals surface area contributed by atoms with Crippen LogP contribution >= 0.6 is 11.8 Å². The van der Waals surface area contributed by atoms with Gasteiger partial charge in [0.05, 0.1) is 11.4 Å². The molecule has 1 unspecified atom stereocenters. The third-order valence-corrected chi connectivity index (χ3v) is 5.51. The zero-order valence-corrected chi connectivity index (χ0v) is 13.0. The Morgan fingerprint density at radius 2 is 1.90 bits per heavy atom. The highest BCUT2D eigenvalue weighted by molar-refractivity contribution is 7.99. The molecule has 1 N–H and O–H groups in total. The molecule has 1 fully saturated rings. The Morgan fingerprint density at radius 1 is 1.14 bits per heavy atom. The molecule has 0 saturated heterocycles. The van der Waals surface area contributed by atoms with Gasteiger partial charge in [0.1, 0.15) is 6.10 Å². The lowest BCUT2D eigenvalue weighted by atomic mass is 10.0. The normalized spacial score (nSPS) is 17.8. The lowest BCUT2D eigenvalue weighted by molar-refractivity contribution is 0.195. The number of nitrogens with zero attached hydrogens (tertiary/aromatic N) is 2. The van der Waals surface area contributed by atoms with E-state index in [9.17, 15) is 5.11 Å². The van der Waals surface area contributed by atoms with Crippen LogP contribution in [0, 0.1) is 0 Å². The minimum atomic E-state index is -0.459. The van der Waals surface area contributed by atoms with Gasteiger partial charge in [-0.25, -0.2) is 4.68 Å². The topological polar surface area (TPSA) is 38.1 Å². The molecule has 112 valence electrons. The number of rotatable bonds is 5. The summed E-state index contributed by atoms with van der Waals surface area (Å²) in [6.45, 7) is 0. The minimum absolute atomic E-state index is 0.459. The van der Waals surface area contributed by atoms with Crippen LogP contribution in [0.5, 0.6) is 0 Å². The third kappa shape index (κ3) is 3.69. The third-order valence-electron chi connectivity index (χ3n) is 4.06. The van der Waals surface area contributed by atoms with Crippen molar-refractivity contribution in [3.05, 3.63) is 48.3 Å². The predicted molar refractivity (Wildman–Crippen MR) is 87.9 cm³/mol. The number of para-hydroxylation sites is 1. The maximum Gasteiger partial charge on any atom is 0.105 e. The fourth-order valence-corrected chi connectivity index (χ4v) is 4.19. The summed E-state index contributed by atoms with van der Waals surface area (Å²) in [5, 5.41) is 15.6. The Bertz CT molecular complexity index is 549. The molecule has 4 heteroatoms. The van der Waals surface area contributed by atoms with Crippen LogP contribution in [-0.4, -0.2) is 25.9 Å². The average molecular weight is 302 g/mol. The second kappa shape index (κ2) is 7.14. The Labute approximate surface area is 130 Å². The first-order valence-electron chi connectivity index (χ1n) is 7.73. The molecule has 0 bridgehead atoms. The van der Waals surface area contributed by atoms with Gasteiger partial charge in [0, 0.05) is 17.2 Å². The second-order valence-corrected chi connectivity index (χ2v) is 6.95. The van der Waals surface area contributed by atoms with Gasteiger partial charge in [-0.15, -0.1) is 0 Å². The van der Waals surface area contributed by atoms with Crippen molar-refractivity contribution < 1.29 is 5.11 Å². The molecule has 0 radical (unpaired) electrons. The summed E-state index contributed by atoms with van der Waals surface area (Å²) < 4.78 is 1.84. The van der Waals surface area contributed by atoms with Gasteiger partial charge in [0.15, 0.2) is 0 Å². The number of aliphatic hydroxyl groups excluding tert-OH is 1. The van der Waals surface area contributed by atoms with E-state index in [1.165, 1.54) is 32.1 Å². The molecule has 1 aliphatic rings. The van der Waals surface area contributed by atoms with Crippen molar-refractivity contribution in [2.24, 2.45) is 0 Å². The van der Waals surface area contributed by atoms with Crippen LogP contribution in [0.25, 0.3) is 5.69 Å². The fraction of sp³-hybridized carbons (Fsp3) is 0.471. The first-order chi connectivity index (χ1) is 10.3. The molecule has 1 aliphatic carbocycles. The fourth-order valence-electron chi connectivity index (χ4n) is 2.90. The highest BCUT2D eigenvalue weighted by atomic mass is 32.2. The van der Waals surface area contributed by atoms with E-state index in [2.05, 4.69) is 5.10 Å². The summed E-state index contributed by atoms with van der Waals surface area (Å²) in [7, 11) is 0. The summed E-state index contributed by atoms with van der Waals surface area (Å²) in [6.07, 6.45) is 7.97. The molecular weight excluding hydrogens is 280 g/mol. The van der Waals surface area contributed by atoms with E-state index in [4.69, 9.17) is 0 Å². The smallest absolute Gasteiger partial charge is 0.105 e. The van der Waals surface area contributed by atoms with Gasteiger partial charge in [-0.05, 0) is 31.0 Å². The number of aliphatic hydroxyl groups is 1. The molecule has 1 saturated carbocycles. The molecule has 0 spiro atoms. The van der Waals surface area contributed by atoms with E-state index < -0.39 is 6.10 Å². The zero-order chi connectivity index (χ0) is 14.5. The highest BCUT2D eigenvalue weighted by Gasteiger charge is 2.19. The summed E-state index contributed by atoms with van der Waals surface area (Å²) in [4.78, 5) is 0. The van der Waals surface area contributed by atoms with E-state index in [0.717, 1.165) is 22.4 Å². The van der Waals surface area contributed by atoms with E-state index in [1.54, 1.807) is 6.20 Å². The zero-order valence-electron chi connectivity index (χ0n) is 12.2. The van der Waals surface area contributed by atoms with Crippen molar-refractivity contribution >= 4 is 11.8 Å². The molecule has 1 atom stereocenters. The molecule has 1 aromatic heterocycles. The highest BCUT2D eigenvalue weighted by Crippen LogP contribution is 2.31. The van der Waals surface area contributed by atoms with Crippen molar-refractivity contribution in [3.8, 4) is 5.69 Å². The largest absolute Gasteiger partial charge is 0.386 e. The van der Waals surface area contributed by atoms with Gasteiger partial charge in [0.2, 0.25) is 0 Å². The quantitative estimate of drug-likeness (QED) is 0.908.